The summed E-state index contributed by atoms with van der Waals surface area (Å²) in [5, 5.41) is 9.92. The van der Waals surface area contributed by atoms with Crippen molar-refractivity contribution in [2.75, 3.05) is 0 Å². The van der Waals surface area contributed by atoms with Crippen LogP contribution in [0.25, 0.3) is 0 Å². The van der Waals surface area contributed by atoms with Gasteiger partial charge < -0.3 is 16.8 Å². The number of carbonyl (C=O) groups excluding carboxylic acids is 1. The first-order valence-electron chi connectivity index (χ1n) is 4.68. The van der Waals surface area contributed by atoms with Crippen LogP contribution in [0.2, 0.25) is 0 Å². The minimum Gasteiger partial charge on any atom is -0.550 e. The van der Waals surface area contributed by atoms with Gasteiger partial charge in [0.1, 0.15) is 0 Å². The van der Waals surface area contributed by atoms with E-state index in [9.17, 15) is 9.90 Å². The summed E-state index contributed by atoms with van der Waals surface area (Å²) in [5.74, 6) is -0.920. The van der Waals surface area contributed by atoms with E-state index in [1.165, 1.54) is 12.8 Å². The standard InChI is InChI=1S/C8H16O2.C2H5.Zn/c1-2-3-4-5-6-7-8(9)10;1-2;/h2-7H2,1H3,(H,9,10);1H2,2H3;/q;-1;+2/p-1. The van der Waals surface area contributed by atoms with Crippen molar-refractivity contribution < 1.29 is 29.4 Å². The van der Waals surface area contributed by atoms with Crippen molar-refractivity contribution in [2.45, 2.75) is 52.4 Å². The Morgan fingerprint density at radius 2 is 1.62 bits per heavy atom. The number of carboxylic acid groups (broad SMARTS) is 1. The van der Waals surface area contributed by atoms with Gasteiger partial charge in [-0.1, -0.05) is 32.6 Å². The van der Waals surface area contributed by atoms with E-state index < -0.39 is 5.97 Å². The summed E-state index contributed by atoms with van der Waals surface area (Å²) in [6.45, 7) is 7.14. The summed E-state index contributed by atoms with van der Waals surface area (Å²) in [5.41, 5.74) is 0. The second-order valence-corrected chi connectivity index (χ2v) is 2.54. The molecule has 0 unspecified atom stereocenters. The van der Waals surface area contributed by atoms with E-state index in [0.717, 1.165) is 19.3 Å². The molecule has 0 radical (unpaired) electrons. The van der Waals surface area contributed by atoms with Crippen LogP contribution < -0.4 is 5.11 Å². The molecule has 0 spiro atoms. The van der Waals surface area contributed by atoms with Gasteiger partial charge in [-0.05, 0) is 12.8 Å². The number of unbranched alkanes of at least 4 members (excludes halogenated alkanes) is 4. The maximum Gasteiger partial charge on any atom is 2.00 e. The van der Waals surface area contributed by atoms with Gasteiger partial charge in [0, 0.05) is 5.97 Å². The molecule has 0 rings (SSSR count). The molecule has 0 saturated heterocycles. The van der Waals surface area contributed by atoms with Gasteiger partial charge in [0.05, 0.1) is 0 Å². The third kappa shape index (κ3) is 24.5. The molecular weight excluding hydrogens is 217 g/mol. The fourth-order valence-corrected chi connectivity index (χ4v) is 0.873. The quantitative estimate of drug-likeness (QED) is 0.402. The summed E-state index contributed by atoms with van der Waals surface area (Å²) in [6, 6.07) is 0. The largest absolute Gasteiger partial charge is 2.00 e. The van der Waals surface area contributed by atoms with E-state index in [0.29, 0.717) is 0 Å². The third-order valence-electron chi connectivity index (χ3n) is 1.48. The minimum atomic E-state index is -0.920. The molecule has 13 heavy (non-hydrogen) atoms. The zero-order valence-corrected chi connectivity index (χ0v) is 11.9. The van der Waals surface area contributed by atoms with E-state index in [2.05, 4.69) is 13.8 Å². The molecule has 0 amide bonds. The van der Waals surface area contributed by atoms with Gasteiger partial charge in [-0.25, -0.2) is 0 Å². The van der Waals surface area contributed by atoms with Crippen LogP contribution in [-0.4, -0.2) is 5.97 Å². The van der Waals surface area contributed by atoms with E-state index >= 15 is 0 Å². The van der Waals surface area contributed by atoms with Gasteiger partial charge in [0.25, 0.3) is 0 Å². The fourth-order valence-electron chi connectivity index (χ4n) is 0.873. The molecule has 0 N–H and O–H groups in total. The maximum absolute atomic E-state index is 9.92. The van der Waals surface area contributed by atoms with Crippen LogP contribution in [0.3, 0.4) is 0 Å². The van der Waals surface area contributed by atoms with Crippen LogP contribution in [-0.2, 0) is 24.3 Å². The van der Waals surface area contributed by atoms with Crippen LogP contribution in [0.15, 0.2) is 0 Å². The van der Waals surface area contributed by atoms with Crippen molar-refractivity contribution in [3.63, 3.8) is 0 Å². The second-order valence-electron chi connectivity index (χ2n) is 2.54. The summed E-state index contributed by atoms with van der Waals surface area (Å²) in [6.07, 6.45) is 5.61. The van der Waals surface area contributed by atoms with Gasteiger partial charge in [0.2, 0.25) is 0 Å². The third-order valence-corrected chi connectivity index (χ3v) is 1.48. The fraction of sp³-hybridized carbons (Fsp3) is 0.800. The van der Waals surface area contributed by atoms with Crippen LogP contribution in [0.5, 0.6) is 0 Å². The van der Waals surface area contributed by atoms with Gasteiger partial charge in [-0.15, -0.1) is 0 Å². The van der Waals surface area contributed by atoms with Crippen molar-refractivity contribution in [1.29, 1.82) is 0 Å². The number of carboxylic acids is 1. The molecule has 0 bridgehead atoms. The number of hydrogen-bond donors (Lipinski definition) is 0. The number of hydrogen-bond acceptors (Lipinski definition) is 2. The Morgan fingerprint density at radius 3 is 2.00 bits per heavy atom. The molecular formula is C10H20O2Zn. The van der Waals surface area contributed by atoms with E-state index in [1.807, 2.05) is 0 Å². The van der Waals surface area contributed by atoms with Crippen LogP contribution in [0.1, 0.15) is 52.4 Å². The molecule has 0 aliphatic carbocycles. The predicted octanol–water partition coefficient (Wildman–Crippen LogP) is 1.93. The van der Waals surface area contributed by atoms with Crippen LogP contribution >= 0.6 is 0 Å². The molecule has 0 atom stereocenters. The first-order valence-corrected chi connectivity index (χ1v) is 4.68. The van der Waals surface area contributed by atoms with Crippen molar-refractivity contribution in [1.82, 2.24) is 0 Å². The Morgan fingerprint density at radius 1 is 1.15 bits per heavy atom. The Hall–Kier alpha value is 0.0934. The predicted molar refractivity (Wildman–Crippen MR) is 49.4 cm³/mol. The first kappa shape index (κ1) is 18.8. The van der Waals surface area contributed by atoms with Crippen molar-refractivity contribution in [3.05, 3.63) is 6.92 Å². The molecule has 0 saturated carbocycles. The molecule has 0 aromatic heterocycles. The van der Waals surface area contributed by atoms with Gasteiger partial charge in [-0.2, -0.15) is 6.92 Å². The average Bonchev–Trinajstić information content (AvgIpc) is 2.07. The number of rotatable bonds is 6. The number of carbonyl (C=O) groups is 1. The summed E-state index contributed by atoms with van der Waals surface area (Å²) < 4.78 is 0. The summed E-state index contributed by atoms with van der Waals surface area (Å²) in [7, 11) is 0. The van der Waals surface area contributed by atoms with Gasteiger partial charge in [-0.3, -0.25) is 0 Å². The van der Waals surface area contributed by atoms with Crippen molar-refractivity contribution in [2.24, 2.45) is 0 Å². The Kier molecular flexibility index (Phi) is 26.0. The van der Waals surface area contributed by atoms with Crippen molar-refractivity contribution in [3.8, 4) is 0 Å². The Bertz CT molecular complexity index is 94.9. The molecule has 0 aromatic carbocycles. The zero-order valence-electron chi connectivity index (χ0n) is 8.97. The van der Waals surface area contributed by atoms with Gasteiger partial charge >= 0.3 is 19.5 Å². The molecule has 3 heteroatoms. The first-order chi connectivity index (χ1) is 5.77. The molecule has 74 valence electrons. The normalized spacial score (nSPS) is 7.92. The van der Waals surface area contributed by atoms with E-state index in [4.69, 9.17) is 0 Å². The Balaban J connectivity index is -0.000000309. The smallest absolute Gasteiger partial charge is 0.550 e. The molecule has 0 aliphatic rings. The zero-order chi connectivity index (χ0) is 9.82. The van der Waals surface area contributed by atoms with E-state index in [1.54, 1.807) is 6.92 Å². The SMILES string of the molecule is CCCCCCCC(=O)[O-].[CH2-]C.[Zn+2]. The monoisotopic (exact) mass is 236 g/mol. The maximum atomic E-state index is 9.92. The topological polar surface area (TPSA) is 40.1 Å². The summed E-state index contributed by atoms with van der Waals surface area (Å²) in [4.78, 5) is 9.92. The molecule has 0 fully saturated rings. The average molecular weight is 238 g/mol. The number of aliphatic carboxylic acids is 1. The van der Waals surface area contributed by atoms with Crippen molar-refractivity contribution >= 4 is 5.97 Å². The summed E-state index contributed by atoms with van der Waals surface area (Å²) >= 11 is 0. The molecule has 2 nitrogen and oxygen atoms in total. The van der Waals surface area contributed by atoms with E-state index in [-0.39, 0.29) is 25.9 Å². The molecule has 0 aliphatic heterocycles. The van der Waals surface area contributed by atoms with Gasteiger partial charge in [0.15, 0.2) is 0 Å². The Labute approximate surface area is 94.9 Å². The second kappa shape index (κ2) is 18.0. The molecule has 0 aromatic rings. The van der Waals surface area contributed by atoms with Crippen LogP contribution in [0.4, 0.5) is 0 Å². The molecule has 0 heterocycles. The minimum absolute atomic E-state index is 0. The van der Waals surface area contributed by atoms with Crippen LogP contribution in [0, 0.1) is 6.92 Å².